The molecule has 5 nitrogen and oxygen atoms in total. The second kappa shape index (κ2) is 9.18. The number of nitrogens with one attached hydrogen (secondary N) is 2. The van der Waals surface area contributed by atoms with Crippen molar-refractivity contribution in [2.45, 2.75) is 33.0 Å². The lowest BCUT2D eigenvalue weighted by Crippen LogP contribution is -2.41. The van der Waals surface area contributed by atoms with Crippen molar-refractivity contribution in [3.05, 3.63) is 106 Å². The van der Waals surface area contributed by atoms with Crippen LogP contribution in [-0.2, 0) is 13.1 Å². The molecule has 0 saturated carbocycles. The van der Waals surface area contributed by atoms with E-state index < -0.39 is 0 Å². The first-order chi connectivity index (χ1) is 15.0. The summed E-state index contributed by atoms with van der Waals surface area (Å²) in [5, 5.41) is 4.97. The third-order valence-corrected chi connectivity index (χ3v) is 5.67. The lowest BCUT2D eigenvalue weighted by molar-refractivity contribution is 0.347. The molecule has 6 heteroatoms. The standard InChI is InChI=1S/C25H25N3O2S/c1-17-10-11-23-20(13-17)14-21(24(29)27-23)15-28(16-22-9-6-12-30-22)25(31)26-18(2)19-7-4-3-5-8-19/h3-14,18H,15-16H2,1-2H3,(H,26,31)(H,27,29)/t18-/m0/s1. The van der Waals surface area contributed by atoms with Gasteiger partial charge in [0.15, 0.2) is 5.11 Å². The van der Waals surface area contributed by atoms with Gasteiger partial charge in [-0.25, -0.2) is 0 Å². The highest BCUT2D eigenvalue weighted by Crippen LogP contribution is 2.17. The molecule has 2 aromatic carbocycles. The predicted molar refractivity (Wildman–Crippen MR) is 128 cm³/mol. The number of rotatable bonds is 6. The number of nitrogens with zero attached hydrogens (tertiary/aromatic N) is 1. The molecule has 0 unspecified atom stereocenters. The van der Waals surface area contributed by atoms with Gasteiger partial charge < -0.3 is 19.6 Å². The smallest absolute Gasteiger partial charge is 0.253 e. The van der Waals surface area contributed by atoms with Crippen molar-refractivity contribution in [2.75, 3.05) is 0 Å². The molecule has 0 aliphatic rings. The first-order valence-electron chi connectivity index (χ1n) is 10.2. The molecule has 31 heavy (non-hydrogen) atoms. The van der Waals surface area contributed by atoms with E-state index in [2.05, 4.69) is 35.4 Å². The number of H-pyrrole nitrogens is 1. The number of hydrogen-bond donors (Lipinski definition) is 2. The van der Waals surface area contributed by atoms with Crippen molar-refractivity contribution in [2.24, 2.45) is 0 Å². The molecule has 2 N–H and O–H groups in total. The molecular formula is C25H25N3O2S. The molecule has 0 fully saturated rings. The minimum Gasteiger partial charge on any atom is -0.467 e. The van der Waals surface area contributed by atoms with Gasteiger partial charge in [0, 0.05) is 11.1 Å². The molecule has 0 aliphatic heterocycles. The number of benzene rings is 2. The van der Waals surface area contributed by atoms with E-state index in [1.807, 2.05) is 60.4 Å². The first kappa shape index (κ1) is 20.9. The normalized spacial score (nSPS) is 11.9. The van der Waals surface area contributed by atoms with Crippen molar-refractivity contribution in [1.82, 2.24) is 15.2 Å². The van der Waals surface area contributed by atoms with E-state index in [0.29, 0.717) is 23.8 Å². The molecule has 0 saturated heterocycles. The Hall–Kier alpha value is -3.38. The number of pyridine rings is 1. The quantitative estimate of drug-likeness (QED) is 0.418. The van der Waals surface area contributed by atoms with Crippen LogP contribution in [0.2, 0.25) is 0 Å². The molecule has 0 amide bonds. The van der Waals surface area contributed by atoms with Gasteiger partial charge in [-0.2, -0.15) is 0 Å². The Labute approximate surface area is 186 Å². The molecule has 0 aliphatic carbocycles. The Balaban J connectivity index is 1.60. The molecule has 1 atom stereocenters. The maximum absolute atomic E-state index is 12.8. The Morgan fingerprint density at radius 2 is 1.90 bits per heavy atom. The minimum atomic E-state index is -0.111. The summed E-state index contributed by atoms with van der Waals surface area (Å²) in [6.07, 6.45) is 1.64. The van der Waals surface area contributed by atoms with E-state index in [0.717, 1.165) is 27.8 Å². The van der Waals surface area contributed by atoms with Crippen LogP contribution in [0.3, 0.4) is 0 Å². The average Bonchev–Trinajstić information content (AvgIpc) is 3.27. The summed E-state index contributed by atoms with van der Waals surface area (Å²) in [7, 11) is 0. The van der Waals surface area contributed by atoms with E-state index >= 15 is 0 Å². The van der Waals surface area contributed by atoms with E-state index in [1.165, 1.54) is 0 Å². The summed E-state index contributed by atoms with van der Waals surface area (Å²) < 4.78 is 5.54. The second-order valence-corrected chi connectivity index (χ2v) is 8.12. The van der Waals surface area contributed by atoms with E-state index in [9.17, 15) is 4.79 Å². The van der Waals surface area contributed by atoms with Gasteiger partial charge in [-0.15, -0.1) is 0 Å². The van der Waals surface area contributed by atoms with Crippen molar-refractivity contribution in [3.63, 3.8) is 0 Å². The summed E-state index contributed by atoms with van der Waals surface area (Å²) in [4.78, 5) is 17.7. The topological polar surface area (TPSA) is 61.3 Å². The zero-order valence-electron chi connectivity index (χ0n) is 17.6. The van der Waals surface area contributed by atoms with Crippen LogP contribution in [0.1, 0.15) is 35.4 Å². The highest BCUT2D eigenvalue weighted by molar-refractivity contribution is 7.80. The fourth-order valence-electron chi connectivity index (χ4n) is 3.59. The molecule has 4 rings (SSSR count). The Kier molecular flexibility index (Phi) is 6.18. The van der Waals surface area contributed by atoms with E-state index in [-0.39, 0.29) is 11.6 Å². The van der Waals surface area contributed by atoms with Crippen molar-refractivity contribution in [1.29, 1.82) is 0 Å². The van der Waals surface area contributed by atoms with Crippen LogP contribution < -0.4 is 10.9 Å². The molecular weight excluding hydrogens is 406 g/mol. The average molecular weight is 432 g/mol. The van der Waals surface area contributed by atoms with Gasteiger partial charge in [0.1, 0.15) is 5.76 Å². The van der Waals surface area contributed by atoms with Crippen LogP contribution in [0.25, 0.3) is 10.9 Å². The summed E-state index contributed by atoms with van der Waals surface area (Å²) in [5.74, 6) is 0.782. The summed E-state index contributed by atoms with van der Waals surface area (Å²) >= 11 is 5.74. The molecule has 0 spiro atoms. The van der Waals surface area contributed by atoms with E-state index in [1.54, 1.807) is 6.26 Å². The lowest BCUT2D eigenvalue weighted by atomic mass is 10.1. The monoisotopic (exact) mass is 431 g/mol. The number of aromatic nitrogens is 1. The van der Waals surface area contributed by atoms with Crippen LogP contribution in [0, 0.1) is 6.92 Å². The van der Waals surface area contributed by atoms with Gasteiger partial charge in [0.25, 0.3) is 5.56 Å². The second-order valence-electron chi connectivity index (χ2n) is 7.73. The SMILES string of the molecule is Cc1ccc2[nH]c(=O)c(CN(Cc3ccco3)C(=S)N[C@@H](C)c3ccccc3)cc2c1. The van der Waals surface area contributed by atoms with Gasteiger partial charge in [-0.3, -0.25) is 4.79 Å². The highest BCUT2D eigenvalue weighted by Gasteiger charge is 2.17. The largest absolute Gasteiger partial charge is 0.467 e. The van der Waals surface area contributed by atoms with Crippen molar-refractivity contribution < 1.29 is 4.42 Å². The third kappa shape index (κ3) is 5.03. The zero-order valence-corrected chi connectivity index (χ0v) is 18.4. The van der Waals surface area contributed by atoms with Gasteiger partial charge in [0.2, 0.25) is 0 Å². The number of fused-ring (bicyclic) bond motifs is 1. The molecule has 0 radical (unpaired) electrons. The predicted octanol–water partition coefficient (Wildman–Crippen LogP) is 5.07. The number of hydrogen-bond acceptors (Lipinski definition) is 3. The number of aryl methyl sites for hydroxylation is 1. The molecule has 0 bridgehead atoms. The maximum atomic E-state index is 12.8. The number of furan rings is 1. The Bertz CT molecular complexity index is 1230. The third-order valence-electron chi connectivity index (χ3n) is 5.29. The van der Waals surface area contributed by atoms with Crippen LogP contribution in [-0.4, -0.2) is 15.0 Å². The first-order valence-corrected chi connectivity index (χ1v) is 10.7. The van der Waals surface area contributed by atoms with Gasteiger partial charge in [-0.1, -0.05) is 42.0 Å². The lowest BCUT2D eigenvalue weighted by Gasteiger charge is -2.27. The fraction of sp³-hybridized carbons (Fsp3) is 0.200. The molecule has 2 heterocycles. The highest BCUT2D eigenvalue weighted by atomic mass is 32.1. The van der Waals surface area contributed by atoms with Crippen LogP contribution in [0.15, 0.2) is 82.2 Å². The molecule has 2 aromatic heterocycles. The summed E-state index contributed by atoms with van der Waals surface area (Å²) in [6.45, 7) is 4.94. The number of aromatic amines is 1. The fourth-order valence-corrected chi connectivity index (χ4v) is 3.89. The molecule has 4 aromatic rings. The van der Waals surface area contributed by atoms with E-state index in [4.69, 9.17) is 16.6 Å². The van der Waals surface area contributed by atoms with Gasteiger partial charge >= 0.3 is 0 Å². The van der Waals surface area contributed by atoms with Crippen molar-refractivity contribution in [3.8, 4) is 0 Å². The summed E-state index contributed by atoms with van der Waals surface area (Å²) in [5.41, 5.74) is 3.66. The molecule has 158 valence electrons. The maximum Gasteiger partial charge on any atom is 0.253 e. The number of thiocarbonyl (C=S) groups is 1. The Morgan fingerprint density at radius 1 is 1.10 bits per heavy atom. The van der Waals surface area contributed by atoms with Crippen molar-refractivity contribution >= 4 is 28.2 Å². The van der Waals surface area contributed by atoms with Crippen LogP contribution in [0.5, 0.6) is 0 Å². The zero-order chi connectivity index (χ0) is 21.8. The van der Waals surface area contributed by atoms with Crippen LogP contribution >= 0.6 is 12.2 Å². The van der Waals surface area contributed by atoms with Crippen LogP contribution in [0.4, 0.5) is 0 Å². The minimum absolute atomic E-state index is 0.0327. The Morgan fingerprint density at radius 3 is 2.65 bits per heavy atom. The van der Waals surface area contributed by atoms with Gasteiger partial charge in [-0.05, 0) is 67.3 Å². The summed E-state index contributed by atoms with van der Waals surface area (Å²) in [6, 6.07) is 21.9. The van der Waals surface area contributed by atoms with Gasteiger partial charge in [0.05, 0.1) is 25.4 Å².